The summed E-state index contributed by atoms with van der Waals surface area (Å²) in [5.41, 5.74) is 33.9. The summed E-state index contributed by atoms with van der Waals surface area (Å²) in [5, 5.41) is 36.3. The number of alkyl halides is 3. The highest BCUT2D eigenvalue weighted by Crippen LogP contribution is 2.14. The van der Waals surface area contributed by atoms with E-state index in [-0.39, 0.29) is 50.5 Å². The van der Waals surface area contributed by atoms with Crippen molar-refractivity contribution in [3.63, 3.8) is 0 Å². The lowest BCUT2D eigenvalue weighted by Crippen LogP contribution is -2.60. The molecule has 0 bridgehead atoms. The first-order valence-electron chi connectivity index (χ1n) is 23.5. The molecule has 0 aromatic heterocycles. The van der Waals surface area contributed by atoms with Gasteiger partial charge < -0.3 is 81.8 Å². The fourth-order valence-electron chi connectivity index (χ4n) is 6.86. The van der Waals surface area contributed by atoms with Gasteiger partial charge in [-0.1, -0.05) is 13.8 Å². The molecule has 7 atom stereocenters. The van der Waals surface area contributed by atoms with E-state index in [2.05, 4.69) is 42.2 Å². The number of aliphatic carboxylic acids is 2. The van der Waals surface area contributed by atoms with Crippen molar-refractivity contribution >= 4 is 53.3 Å². The highest BCUT2D eigenvalue weighted by atomic mass is 19.4. The average Bonchev–Trinajstić information content (AvgIpc) is 3.83. The number of guanidine groups is 1. The van der Waals surface area contributed by atoms with Crippen molar-refractivity contribution < 1.29 is 61.7 Å². The maximum atomic E-state index is 14.1. The number of rotatable bonds is 34. The first-order valence-corrected chi connectivity index (χ1v) is 23.5. The largest absolute Gasteiger partial charge is 0.490 e. The number of carboxylic acid groups (broad SMARTS) is 2. The van der Waals surface area contributed by atoms with Crippen molar-refractivity contribution in [3.8, 4) is 0 Å². The van der Waals surface area contributed by atoms with Gasteiger partial charge in [0.15, 0.2) is 5.96 Å². The summed E-state index contributed by atoms with van der Waals surface area (Å²) in [5.74, 6) is -8.31. The number of unbranched alkanes of at least 4 members (excludes halogenated alkanes) is 4. The van der Waals surface area contributed by atoms with Crippen molar-refractivity contribution in [3.05, 3.63) is 0 Å². The molecule has 1 fully saturated rings. The fourth-order valence-corrected chi connectivity index (χ4v) is 6.86. The van der Waals surface area contributed by atoms with Gasteiger partial charge in [0, 0.05) is 6.54 Å². The molecule has 1 aliphatic rings. The average molecular weight is 997 g/mol. The molecule has 21 N–H and O–H groups in total. The molecule has 398 valence electrons. The smallest absolute Gasteiger partial charge is 0.480 e. The molecule has 0 saturated carbocycles. The Balaban J connectivity index is 0.00000609. The van der Waals surface area contributed by atoms with Crippen molar-refractivity contribution in [1.82, 2.24) is 37.2 Å². The van der Waals surface area contributed by atoms with Gasteiger partial charge in [0.1, 0.15) is 36.3 Å². The number of amides is 6. The van der Waals surface area contributed by atoms with Crippen LogP contribution in [-0.2, 0) is 38.4 Å². The second-order valence-electron chi connectivity index (χ2n) is 16.9. The van der Waals surface area contributed by atoms with Crippen LogP contribution in [-0.4, -0.2) is 151 Å². The lowest BCUT2D eigenvalue weighted by atomic mass is 10.0. The molecule has 0 unspecified atom stereocenters. The molecule has 1 rings (SSSR count). The number of carbonyl (C=O) groups excluding carboxylic acids is 6. The fraction of sp³-hybridized carbons (Fsp3) is 0.786. The number of hydrogen-bond acceptors (Lipinski definition) is 14. The summed E-state index contributed by atoms with van der Waals surface area (Å²) in [7, 11) is 0. The highest BCUT2D eigenvalue weighted by Gasteiger charge is 2.38. The number of carbonyl (C=O) groups is 8. The molecule has 1 saturated heterocycles. The number of nitrogens with zero attached hydrogens (tertiary/aromatic N) is 1. The Morgan fingerprint density at radius 1 is 0.580 bits per heavy atom. The molecule has 1 aliphatic heterocycles. The number of hydrogen-bond donors (Lipinski definition) is 15. The Morgan fingerprint density at radius 2 is 0.913 bits per heavy atom. The van der Waals surface area contributed by atoms with E-state index >= 15 is 0 Å². The Hall–Kier alpha value is -5.38. The maximum Gasteiger partial charge on any atom is 0.490 e. The lowest BCUT2D eigenvalue weighted by Gasteiger charge is -2.28. The first-order chi connectivity index (χ1) is 32.5. The van der Waals surface area contributed by atoms with Crippen LogP contribution in [0.3, 0.4) is 0 Å². The summed E-state index contributed by atoms with van der Waals surface area (Å²) in [6.07, 6.45) is 1.49. The van der Waals surface area contributed by atoms with Crippen LogP contribution in [0.25, 0.3) is 0 Å². The van der Waals surface area contributed by atoms with Gasteiger partial charge in [-0.25, -0.2) is 9.59 Å². The molecule has 69 heavy (non-hydrogen) atoms. The van der Waals surface area contributed by atoms with Gasteiger partial charge in [0.05, 0.1) is 6.04 Å². The van der Waals surface area contributed by atoms with Crippen LogP contribution in [0.2, 0.25) is 0 Å². The molecule has 1 heterocycles. The van der Waals surface area contributed by atoms with Gasteiger partial charge in [0.25, 0.3) is 0 Å². The van der Waals surface area contributed by atoms with Crippen molar-refractivity contribution in [2.24, 2.45) is 45.3 Å². The van der Waals surface area contributed by atoms with E-state index < -0.39 is 95.9 Å². The minimum Gasteiger partial charge on any atom is -0.480 e. The molecule has 0 aromatic carbocycles. The number of carboxylic acids is 2. The minimum atomic E-state index is -5.08. The van der Waals surface area contributed by atoms with Crippen molar-refractivity contribution in [2.45, 2.75) is 165 Å². The lowest BCUT2D eigenvalue weighted by molar-refractivity contribution is -0.192. The zero-order chi connectivity index (χ0) is 52.5. The van der Waals surface area contributed by atoms with Crippen LogP contribution >= 0.6 is 0 Å². The molecule has 27 heteroatoms. The van der Waals surface area contributed by atoms with Crippen LogP contribution in [0.1, 0.15) is 117 Å². The number of nitrogens with two attached hydrogens (primary N) is 6. The maximum absolute atomic E-state index is 14.1. The summed E-state index contributed by atoms with van der Waals surface area (Å²) in [6.45, 7) is 5.47. The zero-order valence-electron chi connectivity index (χ0n) is 39.9. The zero-order valence-corrected chi connectivity index (χ0v) is 39.9. The van der Waals surface area contributed by atoms with Crippen LogP contribution in [0.15, 0.2) is 4.99 Å². The second kappa shape index (κ2) is 35.7. The number of aliphatic imine (C=N–C) groups is 1. The van der Waals surface area contributed by atoms with E-state index in [1.54, 1.807) is 13.8 Å². The molecule has 24 nitrogen and oxygen atoms in total. The Morgan fingerprint density at radius 3 is 1.19 bits per heavy atom. The third-order valence-electron chi connectivity index (χ3n) is 10.7. The van der Waals surface area contributed by atoms with E-state index in [0.717, 1.165) is 6.42 Å². The first kappa shape index (κ1) is 63.6. The molecule has 6 amide bonds. The van der Waals surface area contributed by atoms with Crippen molar-refractivity contribution in [2.75, 3.05) is 39.3 Å². The van der Waals surface area contributed by atoms with Gasteiger partial charge in [-0.3, -0.25) is 33.8 Å². The standard InChI is InChI=1S/C40H78N14O8.C2HF3O2/c1-25(2)32(39(61)62)54-38(60)30(16-6-10-22-44)52-37(59)31(18-12-24-48-40(45)46)53-36(58)29(15-5-9-21-43)51-35(57)28(14-4-8-20-42)50-34(56)27(13-3-7-19-41)49-33(55)26-17-11-23-47-26;3-2(4,5)1(6)7/h25-32,47H,3-24,41-44H2,1-2H3,(H,49,55)(H,50,56)(H,51,57)(H,52,59)(H,53,58)(H,54,60)(H,61,62)(H4,45,46,48);(H,6,7)/t26-,27-,28-,29-,30-,31-,32-;/m0./s1. The summed E-state index contributed by atoms with van der Waals surface area (Å²) >= 11 is 0. The van der Waals surface area contributed by atoms with Crippen molar-refractivity contribution in [1.29, 1.82) is 0 Å². The van der Waals surface area contributed by atoms with E-state index in [0.29, 0.717) is 96.9 Å². The van der Waals surface area contributed by atoms with Crippen LogP contribution in [0, 0.1) is 5.92 Å². The van der Waals surface area contributed by atoms with E-state index in [4.69, 9.17) is 44.3 Å². The SMILES string of the molecule is CC(C)[C@H](NC(=O)[C@H](CCCCN)NC(=O)[C@H](CCCN=C(N)N)NC(=O)[C@H](CCCCN)NC(=O)[C@H](CCCCN)NC(=O)[C@H](CCCCN)NC(=O)[C@@H]1CCCN1)C(=O)O.O=C(O)C(F)(F)F. The second-order valence-corrected chi connectivity index (χ2v) is 16.9. The predicted molar refractivity (Wildman–Crippen MR) is 250 cm³/mol. The molecule has 0 spiro atoms. The number of nitrogens with one attached hydrogen (secondary N) is 7. The van der Waals surface area contributed by atoms with E-state index in [1.165, 1.54) is 0 Å². The molecular formula is C42H79F3N14O10. The monoisotopic (exact) mass is 997 g/mol. The minimum absolute atomic E-state index is 0.0180. The Kier molecular flexibility index (Phi) is 32.9. The van der Waals surface area contributed by atoms with E-state index in [1.807, 2.05) is 0 Å². The third kappa shape index (κ3) is 28.0. The van der Waals surface area contributed by atoms with E-state index in [9.17, 15) is 51.8 Å². The topological polar surface area (TPSA) is 430 Å². The Bertz CT molecular complexity index is 1620. The molecule has 0 aromatic rings. The van der Waals surface area contributed by atoms with Crippen LogP contribution in [0.4, 0.5) is 13.2 Å². The summed E-state index contributed by atoms with van der Waals surface area (Å²) in [6, 6.07) is -7.29. The van der Waals surface area contributed by atoms with Gasteiger partial charge in [-0.15, -0.1) is 0 Å². The molecule has 0 aliphatic carbocycles. The summed E-state index contributed by atoms with van der Waals surface area (Å²) < 4.78 is 31.7. The van der Waals surface area contributed by atoms with Gasteiger partial charge in [-0.05, 0) is 141 Å². The van der Waals surface area contributed by atoms with Gasteiger partial charge in [-0.2, -0.15) is 13.2 Å². The third-order valence-corrected chi connectivity index (χ3v) is 10.7. The predicted octanol–water partition coefficient (Wildman–Crippen LogP) is -2.41. The normalized spacial score (nSPS) is 15.9. The van der Waals surface area contributed by atoms with Crippen LogP contribution < -0.4 is 71.6 Å². The molecule has 0 radical (unpaired) electrons. The van der Waals surface area contributed by atoms with Gasteiger partial charge in [0.2, 0.25) is 35.4 Å². The van der Waals surface area contributed by atoms with Crippen LogP contribution in [0.5, 0.6) is 0 Å². The number of halogens is 3. The quantitative estimate of drug-likeness (QED) is 0.0181. The highest BCUT2D eigenvalue weighted by molar-refractivity contribution is 5.97. The van der Waals surface area contributed by atoms with Gasteiger partial charge >= 0.3 is 18.1 Å². The Labute approximate surface area is 401 Å². The summed E-state index contributed by atoms with van der Waals surface area (Å²) in [4.78, 5) is 107. The molecular weight excluding hydrogens is 918 g/mol.